The summed E-state index contributed by atoms with van der Waals surface area (Å²) in [6.07, 6.45) is 3.63. The molecule has 0 radical (unpaired) electrons. The minimum atomic E-state index is -0.282. The average molecular weight is 259 g/mol. The van der Waals surface area contributed by atoms with Crippen LogP contribution in [0, 0.1) is 5.82 Å². The van der Waals surface area contributed by atoms with Crippen LogP contribution in [0.4, 0.5) is 16.0 Å². The largest absolute Gasteiger partial charge is 0.324 e. The number of rotatable bonds is 3. The molecule has 3 aromatic rings. The third kappa shape index (κ3) is 2.29. The van der Waals surface area contributed by atoms with E-state index in [1.54, 1.807) is 12.3 Å². The van der Waals surface area contributed by atoms with Crippen LogP contribution in [0.15, 0.2) is 30.6 Å². The maximum Gasteiger partial charge on any atom is 0.205 e. The van der Waals surface area contributed by atoms with Gasteiger partial charge in [-0.25, -0.2) is 9.37 Å². The van der Waals surface area contributed by atoms with Crippen LogP contribution < -0.4 is 5.32 Å². The Labute approximate surface area is 109 Å². The highest BCUT2D eigenvalue weighted by atomic mass is 19.1. The maximum atomic E-state index is 13.1. The van der Waals surface area contributed by atoms with E-state index in [1.807, 2.05) is 10.9 Å². The first kappa shape index (κ1) is 11.7. The van der Waals surface area contributed by atoms with Crippen molar-refractivity contribution in [2.24, 2.45) is 0 Å². The van der Waals surface area contributed by atoms with Crippen molar-refractivity contribution in [3.05, 3.63) is 36.4 Å². The van der Waals surface area contributed by atoms with Crippen molar-refractivity contribution in [2.45, 2.75) is 19.9 Å². The van der Waals surface area contributed by atoms with Crippen LogP contribution >= 0.6 is 0 Å². The van der Waals surface area contributed by atoms with Gasteiger partial charge in [0.1, 0.15) is 5.82 Å². The van der Waals surface area contributed by atoms with E-state index in [0.29, 0.717) is 17.5 Å². The first-order valence-electron chi connectivity index (χ1n) is 6.08. The fourth-order valence-corrected chi connectivity index (χ4v) is 1.86. The molecule has 0 saturated heterocycles. The standard InChI is InChI=1S/C13H14FN5/c1-8(2)19-7-10(6-15-19)16-13-17-11-4-3-9(14)5-12(11)18-13/h3-8H,1-2H3,(H2,16,17,18). The number of benzene rings is 1. The summed E-state index contributed by atoms with van der Waals surface area (Å²) in [4.78, 5) is 7.36. The molecule has 19 heavy (non-hydrogen) atoms. The molecule has 0 spiro atoms. The van der Waals surface area contributed by atoms with Gasteiger partial charge in [0.05, 0.1) is 22.9 Å². The summed E-state index contributed by atoms with van der Waals surface area (Å²) < 4.78 is 14.9. The second-order valence-corrected chi connectivity index (χ2v) is 4.67. The van der Waals surface area contributed by atoms with Crippen LogP contribution in [0.2, 0.25) is 0 Å². The van der Waals surface area contributed by atoms with E-state index in [0.717, 1.165) is 11.2 Å². The molecule has 0 unspecified atom stereocenters. The molecule has 3 rings (SSSR count). The number of anilines is 2. The summed E-state index contributed by atoms with van der Waals surface area (Å²) in [5, 5.41) is 7.35. The summed E-state index contributed by atoms with van der Waals surface area (Å²) in [6, 6.07) is 4.76. The summed E-state index contributed by atoms with van der Waals surface area (Å²) in [5.74, 6) is 0.291. The van der Waals surface area contributed by atoms with Crippen molar-refractivity contribution in [1.29, 1.82) is 0 Å². The highest BCUT2D eigenvalue weighted by molar-refractivity contribution is 5.78. The highest BCUT2D eigenvalue weighted by Gasteiger charge is 2.06. The van der Waals surface area contributed by atoms with Gasteiger partial charge in [0.15, 0.2) is 0 Å². The highest BCUT2D eigenvalue weighted by Crippen LogP contribution is 2.19. The fourth-order valence-electron chi connectivity index (χ4n) is 1.86. The Morgan fingerprint density at radius 2 is 2.21 bits per heavy atom. The van der Waals surface area contributed by atoms with E-state index in [2.05, 4.69) is 34.2 Å². The minimum Gasteiger partial charge on any atom is -0.324 e. The molecule has 0 bridgehead atoms. The van der Waals surface area contributed by atoms with Gasteiger partial charge in [0.25, 0.3) is 0 Å². The van der Waals surface area contributed by atoms with Gasteiger partial charge >= 0.3 is 0 Å². The van der Waals surface area contributed by atoms with Crippen LogP contribution in [0.3, 0.4) is 0 Å². The number of hydrogen-bond donors (Lipinski definition) is 2. The van der Waals surface area contributed by atoms with E-state index in [1.165, 1.54) is 12.1 Å². The van der Waals surface area contributed by atoms with Gasteiger partial charge in [0.2, 0.25) is 5.95 Å². The summed E-state index contributed by atoms with van der Waals surface area (Å²) in [6.45, 7) is 4.11. The van der Waals surface area contributed by atoms with Crippen LogP contribution in [0.5, 0.6) is 0 Å². The van der Waals surface area contributed by atoms with E-state index < -0.39 is 0 Å². The van der Waals surface area contributed by atoms with E-state index in [4.69, 9.17) is 0 Å². The molecule has 0 saturated carbocycles. The summed E-state index contributed by atoms with van der Waals surface area (Å²) >= 11 is 0. The monoisotopic (exact) mass is 259 g/mol. The Morgan fingerprint density at radius 1 is 1.37 bits per heavy atom. The number of imidazole rings is 1. The zero-order valence-electron chi connectivity index (χ0n) is 10.7. The zero-order valence-corrected chi connectivity index (χ0v) is 10.7. The van der Waals surface area contributed by atoms with E-state index in [-0.39, 0.29) is 5.82 Å². The Bertz CT molecular complexity index is 713. The summed E-state index contributed by atoms with van der Waals surface area (Å²) in [7, 11) is 0. The van der Waals surface area contributed by atoms with Gasteiger partial charge in [-0.2, -0.15) is 5.10 Å². The Balaban J connectivity index is 1.87. The van der Waals surface area contributed by atoms with E-state index in [9.17, 15) is 4.39 Å². The number of aromatic amines is 1. The number of nitrogens with zero attached hydrogens (tertiary/aromatic N) is 3. The van der Waals surface area contributed by atoms with Crippen molar-refractivity contribution < 1.29 is 4.39 Å². The SMILES string of the molecule is CC(C)n1cc(Nc2nc3ccc(F)cc3[nH]2)cn1. The van der Waals surface area contributed by atoms with Gasteiger partial charge in [0, 0.05) is 12.2 Å². The molecule has 2 heterocycles. The van der Waals surface area contributed by atoms with Gasteiger partial charge in [-0.3, -0.25) is 4.68 Å². The zero-order chi connectivity index (χ0) is 13.4. The summed E-state index contributed by atoms with van der Waals surface area (Å²) in [5.41, 5.74) is 2.23. The number of fused-ring (bicyclic) bond motifs is 1. The number of halogens is 1. The molecular formula is C13H14FN5. The van der Waals surface area contributed by atoms with Crippen molar-refractivity contribution in [3.8, 4) is 0 Å². The molecule has 0 amide bonds. The number of nitrogens with one attached hydrogen (secondary N) is 2. The maximum absolute atomic E-state index is 13.1. The molecule has 0 fully saturated rings. The molecule has 5 nitrogen and oxygen atoms in total. The second kappa shape index (κ2) is 4.38. The first-order chi connectivity index (χ1) is 9.11. The predicted molar refractivity (Wildman–Crippen MR) is 71.9 cm³/mol. The molecule has 0 atom stereocenters. The van der Waals surface area contributed by atoms with Crippen LogP contribution in [-0.2, 0) is 0 Å². The minimum absolute atomic E-state index is 0.282. The molecule has 1 aromatic carbocycles. The third-order valence-electron chi connectivity index (χ3n) is 2.84. The smallest absolute Gasteiger partial charge is 0.205 e. The molecule has 0 aliphatic rings. The van der Waals surface area contributed by atoms with Gasteiger partial charge in [-0.1, -0.05) is 0 Å². The van der Waals surface area contributed by atoms with Gasteiger partial charge in [-0.15, -0.1) is 0 Å². The van der Waals surface area contributed by atoms with Crippen molar-refractivity contribution in [1.82, 2.24) is 19.7 Å². The van der Waals surface area contributed by atoms with Gasteiger partial charge in [-0.05, 0) is 32.0 Å². The molecule has 6 heteroatoms. The lowest BCUT2D eigenvalue weighted by Crippen LogP contribution is -2.00. The van der Waals surface area contributed by atoms with Crippen LogP contribution in [0.1, 0.15) is 19.9 Å². The predicted octanol–water partition coefficient (Wildman–Crippen LogP) is 3.22. The molecule has 2 aromatic heterocycles. The molecule has 2 N–H and O–H groups in total. The number of H-pyrrole nitrogens is 1. The molecule has 0 aliphatic carbocycles. The fraction of sp³-hybridized carbons (Fsp3) is 0.231. The van der Waals surface area contributed by atoms with Crippen LogP contribution in [-0.4, -0.2) is 19.7 Å². The van der Waals surface area contributed by atoms with Crippen molar-refractivity contribution >= 4 is 22.7 Å². The number of hydrogen-bond acceptors (Lipinski definition) is 3. The third-order valence-corrected chi connectivity index (χ3v) is 2.84. The lowest BCUT2D eigenvalue weighted by molar-refractivity contribution is 0.532. The van der Waals surface area contributed by atoms with Gasteiger partial charge < -0.3 is 10.3 Å². The van der Waals surface area contributed by atoms with E-state index >= 15 is 0 Å². The second-order valence-electron chi connectivity index (χ2n) is 4.67. The Kier molecular flexibility index (Phi) is 2.70. The average Bonchev–Trinajstić information content (AvgIpc) is 2.95. The quantitative estimate of drug-likeness (QED) is 0.759. The first-order valence-corrected chi connectivity index (χ1v) is 6.08. The lowest BCUT2D eigenvalue weighted by Gasteiger charge is -2.03. The van der Waals surface area contributed by atoms with Crippen molar-refractivity contribution in [2.75, 3.05) is 5.32 Å². The number of aromatic nitrogens is 4. The normalized spacial score (nSPS) is 11.4. The molecular weight excluding hydrogens is 245 g/mol. The molecule has 98 valence electrons. The van der Waals surface area contributed by atoms with Crippen molar-refractivity contribution in [3.63, 3.8) is 0 Å². The lowest BCUT2D eigenvalue weighted by atomic mass is 10.3. The Hall–Kier alpha value is -2.37. The Morgan fingerprint density at radius 3 is 2.95 bits per heavy atom. The topological polar surface area (TPSA) is 58.5 Å². The molecule has 0 aliphatic heterocycles. The van der Waals surface area contributed by atoms with Crippen LogP contribution in [0.25, 0.3) is 11.0 Å².